The van der Waals surface area contributed by atoms with Gasteiger partial charge in [0.15, 0.2) is 0 Å². The zero-order chi connectivity index (χ0) is 17.9. The Hall–Kier alpha value is -2.84. The average Bonchev–Trinajstić information content (AvgIpc) is 3.08. The summed E-state index contributed by atoms with van der Waals surface area (Å²) in [7, 11) is 0. The number of thioether (sulfide) groups is 1. The molecule has 0 unspecified atom stereocenters. The van der Waals surface area contributed by atoms with E-state index in [9.17, 15) is 4.79 Å². The zero-order valence-electron chi connectivity index (χ0n) is 13.6. The number of nitrogens with zero attached hydrogens (tertiary/aromatic N) is 5. The molecule has 1 aromatic carbocycles. The minimum atomic E-state index is -0.154. The molecule has 0 spiro atoms. The van der Waals surface area contributed by atoms with E-state index in [1.165, 1.54) is 4.90 Å². The predicted molar refractivity (Wildman–Crippen MR) is 91.3 cm³/mol. The van der Waals surface area contributed by atoms with Crippen LogP contribution in [0.1, 0.15) is 24.3 Å². The summed E-state index contributed by atoms with van der Waals surface area (Å²) in [5.41, 5.74) is 1.07. The van der Waals surface area contributed by atoms with Gasteiger partial charge in [-0.3, -0.25) is 4.79 Å². The van der Waals surface area contributed by atoms with Crippen LogP contribution in [0.15, 0.2) is 40.0 Å². The van der Waals surface area contributed by atoms with Crippen molar-refractivity contribution in [2.24, 2.45) is 0 Å². The second-order valence-electron chi connectivity index (χ2n) is 5.11. The molecule has 1 aromatic heterocycles. The number of aromatic nitrogens is 2. The van der Waals surface area contributed by atoms with E-state index in [0.29, 0.717) is 30.6 Å². The van der Waals surface area contributed by atoms with Gasteiger partial charge in [0.2, 0.25) is 11.8 Å². The van der Waals surface area contributed by atoms with Gasteiger partial charge in [-0.15, -0.1) is 10.2 Å². The van der Waals surface area contributed by atoms with Gasteiger partial charge in [-0.25, -0.2) is 0 Å². The summed E-state index contributed by atoms with van der Waals surface area (Å²) in [6.07, 6.45) is 1.02. The maximum atomic E-state index is 12.2. The van der Waals surface area contributed by atoms with Crippen LogP contribution in [0.3, 0.4) is 0 Å². The van der Waals surface area contributed by atoms with Gasteiger partial charge in [-0.2, -0.15) is 10.5 Å². The second-order valence-corrected chi connectivity index (χ2v) is 6.04. The van der Waals surface area contributed by atoms with Crippen molar-refractivity contribution in [3.8, 4) is 12.1 Å². The zero-order valence-corrected chi connectivity index (χ0v) is 14.4. The van der Waals surface area contributed by atoms with Crippen molar-refractivity contribution < 1.29 is 9.21 Å². The first-order valence-electron chi connectivity index (χ1n) is 7.73. The molecule has 0 N–H and O–H groups in total. The standard InChI is InChI=1S/C17H17N5O2S/c18-8-4-10-22(11-5-9-19)16(23)13-25-17-21-20-15(24-17)12-14-6-2-1-3-7-14/h1-3,6-7H,4-5,10-13H2. The molecular formula is C17H17N5O2S. The van der Waals surface area contributed by atoms with Crippen molar-refractivity contribution in [1.29, 1.82) is 10.5 Å². The molecule has 128 valence electrons. The lowest BCUT2D eigenvalue weighted by Gasteiger charge is -2.19. The Morgan fingerprint density at radius 1 is 1.12 bits per heavy atom. The highest BCUT2D eigenvalue weighted by Gasteiger charge is 2.15. The molecule has 0 radical (unpaired) electrons. The molecule has 1 amide bonds. The monoisotopic (exact) mass is 355 g/mol. The summed E-state index contributed by atoms with van der Waals surface area (Å²) < 4.78 is 5.55. The molecule has 7 nitrogen and oxygen atoms in total. The number of benzene rings is 1. The Morgan fingerprint density at radius 2 is 1.80 bits per heavy atom. The number of carbonyl (C=O) groups excluding carboxylic acids is 1. The highest BCUT2D eigenvalue weighted by Crippen LogP contribution is 2.18. The molecule has 0 aliphatic heterocycles. The summed E-state index contributed by atoms with van der Waals surface area (Å²) in [6.45, 7) is 0.640. The van der Waals surface area contributed by atoms with Crippen molar-refractivity contribution in [3.05, 3.63) is 41.8 Å². The van der Waals surface area contributed by atoms with Crippen LogP contribution in [0.5, 0.6) is 0 Å². The SMILES string of the molecule is N#CCCN(CCC#N)C(=O)CSc1nnc(Cc2ccccc2)o1. The Morgan fingerprint density at radius 3 is 2.44 bits per heavy atom. The Bertz CT molecular complexity index is 745. The van der Waals surface area contributed by atoms with Gasteiger partial charge in [0.05, 0.1) is 37.2 Å². The van der Waals surface area contributed by atoms with Crippen LogP contribution >= 0.6 is 11.8 Å². The summed E-state index contributed by atoms with van der Waals surface area (Å²) in [4.78, 5) is 13.7. The van der Waals surface area contributed by atoms with Crippen LogP contribution in [0.25, 0.3) is 0 Å². The predicted octanol–water partition coefficient (Wildman–Crippen LogP) is 2.41. The molecule has 0 fully saturated rings. The van der Waals surface area contributed by atoms with E-state index in [1.54, 1.807) is 0 Å². The van der Waals surface area contributed by atoms with E-state index in [4.69, 9.17) is 14.9 Å². The molecule has 2 aromatic rings. The molecule has 1 heterocycles. The van der Waals surface area contributed by atoms with E-state index in [0.717, 1.165) is 17.3 Å². The van der Waals surface area contributed by atoms with Crippen LogP contribution in [0.2, 0.25) is 0 Å². The fourth-order valence-electron chi connectivity index (χ4n) is 2.08. The summed E-state index contributed by atoms with van der Waals surface area (Å²) in [5, 5.41) is 25.6. The summed E-state index contributed by atoms with van der Waals surface area (Å²) in [6, 6.07) is 13.8. The minimum Gasteiger partial charge on any atom is -0.416 e. The normalized spacial score (nSPS) is 10.0. The number of carbonyl (C=O) groups is 1. The topological polar surface area (TPSA) is 107 Å². The van der Waals surface area contributed by atoms with Crippen molar-refractivity contribution in [2.45, 2.75) is 24.5 Å². The maximum absolute atomic E-state index is 12.2. The lowest BCUT2D eigenvalue weighted by molar-refractivity contribution is -0.128. The highest BCUT2D eigenvalue weighted by molar-refractivity contribution is 7.99. The maximum Gasteiger partial charge on any atom is 0.277 e. The van der Waals surface area contributed by atoms with E-state index in [1.807, 2.05) is 42.5 Å². The van der Waals surface area contributed by atoms with Crippen molar-refractivity contribution >= 4 is 17.7 Å². The molecule has 0 saturated heterocycles. The van der Waals surface area contributed by atoms with Crippen LogP contribution in [-0.4, -0.2) is 39.8 Å². The van der Waals surface area contributed by atoms with E-state index < -0.39 is 0 Å². The lowest BCUT2D eigenvalue weighted by atomic mass is 10.2. The molecule has 0 aliphatic carbocycles. The van der Waals surface area contributed by atoms with Crippen LogP contribution in [0.4, 0.5) is 0 Å². The first-order chi connectivity index (χ1) is 12.2. The number of amides is 1. The summed E-state index contributed by atoms with van der Waals surface area (Å²) >= 11 is 1.16. The number of hydrogen-bond donors (Lipinski definition) is 0. The first kappa shape index (κ1) is 18.5. The molecular weight excluding hydrogens is 338 g/mol. The van der Waals surface area contributed by atoms with E-state index in [-0.39, 0.29) is 24.5 Å². The fraction of sp³-hybridized carbons (Fsp3) is 0.353. The Labute approximate surface area is 150 Å². The molecule has 0 aliphatic rings. The van der Waals surface area contributed by atoms with Gasteiger partial charge in [0, 0.05) is 13.1 Å². The van der Waals surface area contributed by atoms with Gasteiger partial charge in [0.1, 0.15) is 0 Å². The molecule has 0 atom stereocenters. The van der Waals surface area contributed by atoms with E-state index in [2.05, 4.69) is 10.2 Å². The van der Waals surface area contributed by atoms with Crippen molar-refractivity contribution in [2.75, 3.05) is 18.8 Å². The molecule has 0 saturated carbocycles. The van der Waals surface area contributed by atoms with Gasteiger partial charge >= 0.3 is 0 Å². The van der Waals surface area contributed by atoms with Crippen molar-refractivity contribution in [3.63, 3.8) is 0 Å². The van der Waals surface area contributed by atoms with Crippen LogP contribution < -0.4 is 0 Å². The van der Waals surface area contributed by atoms with Gasteiger partial charge in [-0.05, 0) is 5.56 Å². The largest absolute Gasteiger partial charge is 0.416 e. The number of hydrogen-bond acceptors (Lipinski definition) is 7. The van der Waals surface area contributed by atoms with E-state index >= 15 is 0 Å². The third-order valence-electron chi connectivity index (χ3n) is 3.31. The third kappa shape index (κ3) is 6.28. The van der Waals surface area contributed by atoms with Gasteiger partial charge < -0.3 is 9.32 Å². The Kier molecular flexibility index (Phi) is 7.48. The molecule has 0 bridgehead atoms. The minimum absolute atomic E-state index is 0.129. The first-order valence-corrected chi connectivity index (χ1v) is 8.72. The highest BCUT2D eigenvalue weighted by atomic mass is 32.2. The van der Waals surface area contributed by atoms with Crippen LogP contribution in [0, 0.1) is 22.7 Å². The lowest BCUT2D eigenvalue weighted by Crippen LogP contribution is -2.34. The number of nitriles is 2. The molecule has 8 heteroatoms. The fourth-order valence-corrected chi connectivity index (χ4v) is 2.77. The van der Waals surface area contributed by atoms with Gasteiger partial charge in [-0.1, -0.05) is 42.1 Å². The second kappa shape index (κ2) is 10.1. The quantitative estimate of drug-likeness (QED) is 0.636. The average molecular weight is 355 g/mol. The van der Waals surface area contributed by atoms with Gasteiger partial charge in [0.25, 0.3) is 5.22 Å². The smallest absolute Gasteiger partial charge is 0.277 e. The molecule has 2 rings (SSSR count). The van der Waals surface area contributed by atoms with Crippen LogP contribution in [-0.2, 0) is 11.2 Å². The van der Waals surface area contributed by atoms with Crippen molar-refractivity contribution in [1.82, 2.24) is 15.1 Å². The summed E-state index contributed by atoms with van der Waals surface area (Å²) in [5.74, 6) is 0.467. The molecule has 25 heavy (non-hydrogen) atoms. The number of rotatable bonds is 9. The third-order valence-corrected chi connectivity index (χ3v) is 4.11. The Balaban J connectivity index is 1.86.